The molecule has 3 heterocycles. The zero-order chi connectivity index (χ0) is 29.8. The Morgan fingerprint density at radius 2 is 1.85 bits per heavy atom. The number of pyridine rings is 1. The van der Waals surface area contributed by atoms with Crippen LogP contribution in [0.2, 0.25) is 0 Å². The first-order valence-corrected chi connectivity index (χ1v) is 13.3. The molecule has 4 aliphatic rings. The van der Waals surface area contributed by atoms with Crippen molar-refractivity contribution < 1.29 is 42.5 Å². The number of hydrogen-bond donors (Lipinski definition) is 2. The van der Waals surface area contributed by atoms with E-state index in [1.54, 1.807) is 13.1 Å². The highest BCUT2D eigenvalue weighted by Gasteiger charge is 2.53. The Morgan fingerprint density at radius 1 is 1.17 bits per heavy atom. The molecule has 1 saturated carbocycles. The number of amides is 3. The molecule has 1 fully saturated rings. The quantitative estimate of drug-likeness (QED) is 0.485. The number of amidine groups is 1. The number of aryl methyl sites for hydroxylation is 1. The third-order valence-corrected chi connectivity index (χ3v) is 7.80. The van der Waals surface area contributed by atoms with Crippen molar-refractivity contribution in [1.82, 2.24) is 19.9 Å². The van der Waals surface area contributed by atoms with E-state index in [-0.39, 0.29) is 40.6 Å². The first-order valence-electron chi connectivity index (χ1n) is 12.4. The number of ether oxygens (including phenoxy) is 1. The third kappa shape index (κ3) is 5.09. The van der Waals surface area contributed by atoms with Crippen molar-refractivity contribution in [2.75, 3.05) is 12.9 Å². The van der Waals surface area contributed by atoms with E-state index in [0.29, 0.717) is 35.4 Å². The lowest BCUT2D eigenvalue weighted by atomic mass is 10.0. The van der Waals surface area contributed by atoms with Gasteiger partial charge in [0.05, 0.1) is 24.6 Å². The largest absolute Gasteiger partial charge is 0.496 e. The fourth-order valence-electron chi connectivity index (χ4n) is 5.17. The molecular formula is C24H24F3N7O6S. The summed E-state index contributed by atoms with van der Waals surface area (Å²) in [5, 5.41) is 29.4. The molecular weight excluding hydrogens is 571 g/mol. The van der Waals surface area contributed by atoms with Crippen LogP contribution in [0.4, 0.5) is 22.8 Å². The number of halogens is 3. The van der Waals surface area contributed by atoms with Crippen LogP contribution in [0.15, 0.2) is 31.9 Å². The molecule has 218 valence electrons. The smallest absolute Gasteiger partial charge is 0.471 e. The number of hydrogen-bond acceptors (Lipinski definition) is 10. The van der Waals surface area contributed by atoms with Gasteiger partial charge in [-0.1, -0.05) is 0 Å². The molecule has 2 aliphatic carbocycles. The topological polar surface area (TPSA) is 161 Å². The van der Waals surface area contributed by atoms with Gasteiger partial charge in [0.25, 0.3) is 0 Å². The van der Waals surface area contributed by atoms with Gasteiger partial charge in [0.2, 0.25) is 0 Å². The third-order valence-electron chi connectivity index (χ3n) is 7.06. The van der Waals surface area contributed by atoms with Crippen LogP contribution >= 0.6 is 11.9 Å². The van der Waals surface area contributed by atoms with Gasteiger partial charge in [-0.15, -0.1) is 0 Å². The Morgan fingerprint density at radius 3 is 2.44 bits per heavy atom. The van der Waals surface area contributed by atoms with Crippen molar-refractivity contribution in [1.29, 1.82) is 0 Å². The maximum atomic E-state index is 13.6. The lowest BCUT2D eigenvalue weighted by Crippen LogP contribution is -2.48. The SMILES string of the molecule is COc1c(C)cnc(CN2N=C3CC(N(C(=O)C(F)(F)F)C4CC4)C4=C3C(=N2)C(N(C(=O)O)C(=O)O)=NSC4)c1C. The molecule has 0 aromatic carbocycles. The van der Waals surface area contributed by atoms with Crippen molar-refractivity contribution in [2.24, 2.45) is 14.6 Å². The molecule has 1 atom stereocenters. The molecule has 13 nitrogen and oxygen atoms in total. The summed E-state index contributed by atoms with van der Waals surface area (Å²) in [6.07, 6.45) is -6.51. The van der Waals surface area contributed by atoms with E-state index in [4.69, 9.17) is 4.74 Å². The van der Waals surface area contributed by atoms with Crippen molar-refractivity contribution in [3.8, 4) is 5.75 Å². The highest BCUT2D eigenvalue weighted by Crippen LogP contribution is 2.43. The number of alkyl halides is 3. The van der Waals surface area contributed by atoms with Gasteiger partial charge < -0.3 is 19.8 Å². The molecule has 2 N–H and O–H groups in total. The number of methoxy groups -OCH3 is 1. The highest BCUT2D eigenvalue weighted by atomic mass is 32.2. The zero-order valence-electron chi connectivity index (χ0n) is 22.0. The maximum absolute atomic E-state index is 13.6. The second-order valence-corrected chi connectivity index (χ2v) is 10.5. The molecule has 3 amide bonds. The van der Waals surface area contributed by atoms with Crippen molar-refractivity contribution >= 4 is 47.3 Å². The summed E-state index contributed by atoms with van der Waals surface area (Å²) in [6, 6.07) is -1.66. The first-order chi connectivity index (χ1) is 19.3. The number of nitrogens with zero attached hydrogens (tertiary/aromatic N) is 7. The number of carbonyl (C=O) groups excluding carboxylic acids is 1. The molecule has 0 saturated heterocycles. The molecule has 0 radical (unpaired) electrons. The van der Waals surface area contributed by atoms with Gasteiger partial charge in [-0.25, -0.2) is 9.59 Å². The molecule has 0 bridgehead atoms. The molecule has 5 rings (SSSR count). The van der Waals surface area contributed by atoms with Crippen LogP contribution in [0.1, 0.15) is 36.1 Å². The maximum Gasteiger partial charge on any atom is 0.471 e. The van der Waals surface area contributed by atoms with Crippen LogP contribution in [0.5, 0.6) is 5.75 Å². The van der Waals surface area contributed by atoms with Crippen LogP contribution in [-0.2, 0) is 11.3 Å². The first kappa shape index (κ1) is 28.4. The molecule has 2 aliphatic heterocycles. The van der Waals surface area contributed by atoms with E-state index in [1.807, 2.05) is 6.92 Å². The van der Waals surface area contributed by atoms with Crippen molar-refractivity contribution in [3.05, 3.63) is 34.2 Å². The zero-order valence-corrected chi connectivity index (χ0v) is 22.8. The van der Waals surface area contributed by atoms with Gasteiger partial charge in [0.1, 0.15) is 18.0 Å². The number of imide groups is 1. The summed E-state index contributed by atoms with van der Waals surface area (Å²) in [5.74, 6) is -1.96. The second-order valence-electron chi connectivity index (χ2n) is 9.72. The number of aromatic nitrogens is 1. The summed E-state index contributed by atoms with van der Waals surface area (Å²) in [4.78, 5) is 41.6. The van der Waals surface area contributed by atoms with E-state index < -0.39 is 42.2 Å². The van der Waals surface area contributed by atoms with E-state index in [2.05, 4.69) is 19.6 Å². The van der Waals surface area contributed by atoms with Gasteiger partial charge in [-0.3, -0.25) is 9.78 Å². The molecule has 1 unspecified atom stereocenters. The monoisotopic (exact) mass is 595 g/mol. The van der Waals surface area contributed by atoms with Crippen LogP contribution in [-0.4, -0.2) is 96.6 Å². The molecule has 1 aromatic rings. The van der Waals surface area contributed by atoms with E-state index >= 15 is 0 Å². The van der Waals surface area contributed by atoms with Gasteiger partial charge in [0.15, 0.2) is 5.84 Å². The molecule has 1 aromatic heterocycles. The fraction of sp³-hybridized carbons (Fsp3) is 0.458. The van der Waals surface area contributed by atoms with E-state index in [1.165, 1.54) is 12.2 Å². The summed E-state index contributed by atoms with van der Waals surface area (Å²) < 4.78 is 50.5. The van der Waals surface area contributed by atoms with Crippen LogP contribution in [0.25, 0.3) is 0 Å². The number of carboxylic acid groups (broad SMARTS) is 2. The Kier molecular flexibility index (Phi) is 7.17. The summed E-state index contributed by atoms with van der Waals surface area (Å²) in [5.41, 5.74) is 2.53. The standard InChI is InChI=1S/C24H24F3N7O6S/c1-10-7-28-15(11(2)19(10)40-3)8-32-29-14-6-16(33(12-4-5-12)21(35)24(25,26)27)13-9-41-31-20(18(30-32)17(13)14)34(22(36)37)23(38)39/h7,12,16H,4-6,8-9H2,1-3H3,(H,36,37)(H,38,39). The van der Waals surface area contributed by atoms with E-state index in [9.17, 15) is 37.8 Å². The predicted molar refractivity (Wildman–Crippen MR) is 140 cm³/mol. The number of rotatable bonds is 5. The number of hydrazone groups is 2. The van der Waals surface area contributed by atoms with Crippen LogP contribution < -0.4 is 4.74 Å². The minimum Gasteiger partial charge on any atom is -0.496 e. The fourth-order valence-corrected chi connectivity index (χ4v) is 6.00. The second kappa shape index (κ2) is 10.4. The summed E-state index contributed by atoms with van der Waals surface area (Å²) >= 11 is 0.758. The summed E-state index contributed by atoms with van der Waals surface area (Å²) in [7, 11) is 1.50. The Labute approximate surface area is 235 Å². The minimum absolute atomic E-state index is 0.00580. The highest BCUT2D eigenvalue weighted by molar-refractivity contribution is 7.98. The van der Waals surface area contributed by atoms with Gasteiger partial charge in [-0.2, -0.15) is 37.8 Å². The Bertz CT molecular complexity index is 1460. The van der Waals surface area contributed by atoms with Gasteiger partial charge >= 0.3 is 24.3 Å². The van der Waals surface area contributed by atoms with Gasteiger partial charge in [-0.05, 0) is 44.2 Å². The normalized spacial score (nSPS) is 20.0. The Hall–Kier alpha value is -4.15. The average Bonchev–Trinajstić information content (AvgIpc) is 3.67. The predicted octanol–water partition coefficient (Wildman–Crippen LogP) is 3.58. The lowest BCUT2D eigenvalue weighted by molar-refractivity contribution is -0.187. The van der Waals surface area contributed by atoms with Crippen LogP contribution in [0, 0.1) is 13.8 Å². The molecule has 0 spiro atoms. The Balaban J connectivity index is 1.63. The molecule has 41 heavy (non-hydrogen) atoms. The van der Waals surface area contributed by atoms with Crippen LogP contribution in [0.3, 0.4) is 0 Å². The lowest BCUT2D eigenvalue weighted by Gasteiger charge is -2.31. The van der Waals surface area contributed by atoms with E-state index in [0.717, 1.165) is 22.4 Å². The number of carbonyl (C=O) groups is 3. The van der Waals surface area contributed by atoms with Crippen molar-refractivity contribution in [3.63, 3.8) is 0 Å². The minimum atomic E-state index is -5.11. The molecule has 17 heteroatoms. The van der Waals surface area contributed by atoms with Gasteiger partial charge in [0, 0.05) is 41.1 Å². The average molecular weight is 596 g/mol. The summed E-state index contributed by atoms with van der Waals surface area (Å²) in [6.45, 7) is 3.53. The van der Waals surface area contributed by atoms with Crippen molar-refractivity contribution in [2.45, 2.75) is 57.9 Å².